The summed E-state index contributed by atoms with van der Waals surface area (Å²) in [7, 11) is 0.0306. The van der Waals surface area contributed by atoms with E-state index in [1.54, 1.807) is 48.5 Å². The van der Waals surface area contributed by atoms with Crippen LogP contribution < -0.4 is 15.8 Å². The summed E-state index contributed by atoms with van der Waals surface area (Å²) in [6, 6.07) is 13.8. The molecule has 1 atom stereocenters. The summed E-state index contributed by atoms with van der Waals surface area (Å²) < 4.78 is 17.4. The van der Waals surface area contributed by atoms with Gasteiger partial charge in [-0.2, -0.15) is 0 Å². The van der Waals surface area contributed by atoms with Crippen molar-refractivity contribution >= 4 is 28.1 Å². The van der Waals surface area contributed by atoms with E-state index in [0.29, 0.717) is 22.0 Å². The van der Waals surface area contributed by atoms with E-state index >= 15 is 0 Å². The number of nitrogens with one attached hydrogen (secondary N) is 1. The summed E-state index contributed by atoms with van der Waals surface area (Å²) in [5, 5.41) is 2.67. The molecule has 6 heteroatoms. The van der Waals surface area contributed by atoms with Crippen LogP contribution in [0.5, 0.6) is 5.75 Å². The number of hydrogen-bond donors (Lipinski definition) is 2. The average molecular weight is 304 g/mol. The molecule has 0 saturated carbocycles. The van der Waals surface area contributed by atoms with Crippen LogP contribution in [0.3, 0.4) is 0 Å². The lowest BCUT2D eigenvalue weighted by atomic mass is 10.3. The van der Waals surface area contributed by atoms with Gasteiger partial charge in [-0.3, -0.25) is 9.00 Å². The molecule has 0 heterocycles. The minimum absolute atomic E-state index is 0.144. The highest BCUT2D eigenvalue weighted by Gasteiger charge is 2.14. The fourth-order valence-electron chi connectivity index (χ4n) is 1.82. The topological polar surface area (TPSA) is 81.4 Å². The van der Waals surface area contributed by atoms with Gasteiger partial charge >= 0.3 is 0 Å². The van der Waals surface area contributed by atoms with E-state index in [1.807, 2.05) is 0 Å². The highest BCUT2D eigenvalue weighted by Crippen LogP contribution is 2.21. The van der Waals surface area contributed by atoms with E-state index in [0.717, 1.165) is 0 Å². The zero-order chi connectivity index (χ0) is 15.2. The molecule has 1 amide bonds. The van der Waals surface area contributed by atoms with Gasteiger partial charge in [0, 0.05) is 11.4 Å². The van der Waals surface area contributed by atoms with Crippen molar-refractivity contribution in [3.8, 4) is 5.75 Å². The monoisotopic (exact) mass is 304 g/mol. The number of rotatable bonds is 5. The third-order valence-electron chi connectivity index (χ3n) is 2.75. The maximum absolute atomic E-state index is 12.2. The molecule has 2 aromatic rings. The van der Waals surface area contributed by atoms with Crippen LogP contribution in [-0.2, 0) is 15.6 Å². The largest absolute Gasteiger partial charge is 0.495 e. The van der Waals surface area contributed by atoms with Crippen LogP contribution in [0.2, 0.25) is 0 Å². The van der Waals surface area contributed by atoms with Gasteiger partial charge in [0.15, 0.2) is 0 Å². The second-order valence-electron chi connectivity index (χ2n) is 4.31. The zero-order valence-corrected chi connectivity index (χ0v) is 12.4. The lowest BCUT2D eigenvalue weighted by molar-refractivity contribution is -0.113. The summed E-state index contributed by atoms with van der Waals surface area (Å²) in [5.74, 6) is 0.0206. The highest BCUT2D eigenvalue weighted by atomic mass is 32.2. The smallest absolute Gasteiger partial charge is 0.237 e. The van der Waals surface area contributed by atoms with Gasteiger partial charge in [0.05, 0.1) is 22.8 Å². The zero-order valence-electron chi connectivity index (χ0n) is 11.5. The van der Waals surface area contributed by atoms with Crippen molar-refractivity contribution in [2.45, 2.75) is 4.90 Å². The molecule has 1 unspecified atom stereocenters. The number of methoxy groups -OCH3 is 1. The lowest BCUT2D eigenvalue weighted by Crippen LogP contribution is -2.19. The molecule has 5 nitrogen and oxygen atoms in total. The third kappa shape index (κ3) is 4.06. The summed E-state index contributed by atoms with van der Waals surface area (Å²) in [4.78, 5) is 12.4. The molecule has 21 heavy (non-hydrogen) atoms. The van der Waals surface area contributed by atoms with Crippen molar-refractivity contribution in [3.05, 3.63) is 48.5 Å². The van der Waals surface area contributed by atoms with Crippen LogP contribution in [0.4, 0.5) is 11.4 Å². The van der Waals surface area contributed by atoms with Gasteiger partial charge in [-0.25, -0.2) is 0 Å². The number of benzene rings is 2. The second-order valence-corrected chi connectivity index (χ2v) is 5.73. The average Bonchev–Trinajstić information content (AvgIpc) is 2.47. The lowest BCUT2D eigenvalue weighted by Gasteiger charge is -2.08. The number of nitrogen functional groups attached to an aromatic ring is 1. The fourth-order valence-corrected chi connectivity index (χ4v) is 2.89. The van der Waals surface area contributed by atoms with Gasteiger partial charge in [0.1, 0.15) is 11.5 Å². The molecule has 0 spiro atoms. The van der Waals surface area contributed by atoms with E-state index in [9.17, 15) is 9.00 Å². The molecule has 2 rings (SSSR count). The standard InChI is InChI=1S/C15H16N2O3S/c1-20-13-7-2-3-8-14(13)21(19)10-15(18)17-12-6-4-5-11(16)9-12/h2-9H,10,16H2,1H3,(H,17,18). The first-order chi connectivity index (χ1) is 10.1. The predicted octanol–water partition coefficient (Wildman–Crippen LogP) is 2.02. The molecule has 2 aromatic carbocycles. The Kier molecular flexibility index (Phi) is 4.94. The quantitative estimate of drug-likeness (QED) is 0.828. The molecule has 0 aliphatic heterocycles. The fraction of sp³-hybridized carbons (Fsp3) is 0.133. The van der Waals surface area contributed by atoms with Gasteiger partial charge in [-0.1, -0.05) is 18.2 Å². The molecule has 0 aliphatic rings. The Bertz CT molecular complexity index is 673. The maximum atomic E-state index is 12.2. The van der Waals surface area contributed by atoms with Gasteiger partial charge in [-0.05, 0) is 30.3 Å². The van der Waals surface area contributed by atoms with Crippen LogP contribution in [0, 0.1) is 0 Å². The van der Waals surface area contributed by atoms with Gasteiger partial charge < -0.3 is 15.8 Å². The van der Waals surface area contributed by atoms with Crippen LogP contribution in [0.1, 0.15) is 0 Å². The van der Waals surface area contributed by atoms with Crippen LogP contribution in [0.25, 0.3) is 0 Å². The number of carbonyl (C=O) groups is 1. The molecule has 0 saturated heterocycles. The Labute approximate surface area is 125 Å². The first-order valence-corrected chi connectivity index (χ1v) is 7.59. The van der Waals surface area contributed by atoms with E-state index in [-0.39, 0.29) is 11.7 Å². The van der Waals surface area contributed by atoms with Crippen molar-refractivity contribution < 1.29 is 13.7 Å². The van der Waals surface area contributed by atoms with Gasteiger partial charge in [-0.15, -0.1) is 0 Å². The molecule has 110 valence electrons. The number of para-hydroxylation sites is 1. The van der Waals surface area contributed by atoms with Crippen molar-refractivity contribution in [2.24, 2.45) is 0 Å². The van der Waals surface area contributed by atoms with Gasteiger partial charge in [0.2, 0.25) is 5.91 Å². The Morgan fingerprint density at radius 3 is 2.71 bits per heavy atom. The molecule has 0 fully saturated rings. The van der Waals surface area contributed by atoms with Gasteiger partial charge in [0.25, 0.3) is 0 Å². The van der Waals surface area contributed by atoms with E-state index < -0.39 is 10.8 Å². The molecular weight excluding hydrogens is 288 g/mol. The van der Waals surface area contributed by atoms with Crippen LogP contribution in [0.15, 0.2) is 53.4 Å². The number of nitrogens with two attached hydrogens (primary N) is 1. The van der Waals surface area contributed by atoms with Crippen molar-refractivity contribution in [1.82, 2.24) is 0 Å². The van der Waals surface area contributed by atoms with Crippen molar-refractivity contribution in [2.75, 3.05) is 23.9 Å². The molecule has 0 radical (unpaired) electrons. The molecule has 0 aliphatic carbocycles. The minimum atomic E-state index is -1.47. The Morgan fingerprint density at radius 1 is 1.24 bits per heavy atom. The minimum Gasteiger partial charge on any atom is -0.495 e. The summed E-state index contributed by atoms with van der Waals surface area (Å²) in [6.45, 7) is 0. The first-order valence-electron chi connectivity index (χ1n) is 6.27. The van der Waals surface area contributed by atoms with E-state index in [1.165, 1.54) is 7.11 Å². The molecule has 0 bridgehead atoms. The number of amides is 1. The normalized spacial score (nSPS) is 11.7. The van der Waals surface area contributed by atoms with Crippen LogP contribution >= 0.6 is 0 Å². The Balaban J connectivity index is 2.04. The predicted molar refractivity (Wildman–Crippen MR) is 83.8 cm³/mol. The number of hydrogen-bond acceptors (Lipinski definition) is 4. The van der Waals surface area contributed by atoms with E-state index in [4.69, 9.17) is 10.5 Å². The highest BCUT2D eigenvalue weighted by molar-refractivity contribution is 7.85. The maximum Gasteiger partial charge on any atom is 0.237 e. The first kappa shape index (κ1) is 15.1. The Morgan fingerprint density at radius 2 is 2.00 bits per heavy atom. The molecule has 3 N–H and O–H groups in total. The number of carbonyl (C=O) groups excluding carboxylic acids is 1. The number of anilines is 2. The molecule has 0 aromatic heterocycles. The van der Waals surface area contributed by atoms with E-state index in [2.05, 4.69) is 5.32 Å². The summed E-state index contributed by atoms with van der Waals surface area (Å²) in [5.41, 5.74) is 6.77. The summed E-state index contributed by atoms with van der Waals surface area (Å²) in [6.07, 6.45) is 0. The van der Waals surface area contributed by atoms with Crippen LogP contribution in [-0.4, -0.2) is 23.0 Å². The molecular formula is C15H16N2O3S. The second kappa shape index (κ2) is 6.90. The number of ether oxygens (including phenoxy) is 1. The van der Waals surface area contributed by atoms with Crippen molar-refractivity contribution in [3.63, 3.8) is 0 Å². The van der Waals surface area contributed by atoms with Crippen molar-refractivity contribution in [1.29, 1.82) is 0 Å². The third-order valence-corrected chi connectivity index (χ3v) is 4.10. The Hall–Kier alpha value is -2.34. The SMILES string of the molecule is COc1ccccc1S(=O)CC(=O)Nc1cccc(N)c1. The summed E-state index contributed by atoms with van der Waals surface area (Å²) >= 11 is 0.